The summed E-state index contributed by atoms with van der Waals surface area (Å²) < 4.78 is 11.0. The minimum absolute atomic E-state index is 0.345. The van der Waals surface area contributed by atoms with Crippen LogP contribution in [0.15, 0.2) is 66.7 Å². The molecule has 3 rings (SSSR count). The Kier molecular flexibility index (Phi) is 7.39. The van der Waals surface area contributed by atoms with Crippen molar-refractivity contribution in [3.05, 3.63) is 82.3 Å². The third-order valence-electron chi connectivity index (χ3n) is 4.29. The summed E-state index contributed by atoms with van der Waals surface area (Å²) in [5.74, 6) is 0.0345. The number of hydrogen-bond acceptors (Lipinski definition) is 4. The van der Waals surface area contributed by atoms with Crippen LogP contribution in [0.5, 0.6) is 11.5 Å². The quantitative estimate of drug-likeness (QED) is 0.478. The van der Waals surface area contributed by atoms with Crippen molar-refractivity contribution >= 4 is 46.4 Å². The number of rotatable bonds is 7. The highest BCUT2D eigenvalue weighted by Gasteiger charge is 2.19. The fourth-order valence-electron chi connectivity index (χ4n) is 2.81. The summed E-state index contributed by atoms with van der Waals surface area (Å²) in [6, 6.07) is 18.5. The average molecular weight is 459 g/mol. The van der Waals surface area contributed by atoms with Crippen molar-refractivity contribution in [1.82, 2.24) is 0 Å². The predicted molar refractivity (Wildman–Crippen MR) is 123 cm³/mol. The van der Waals surface area contributed by atoms with Gasteiger partial charge in [0.25, 0.3) is 11.8 Å². The van der Waals surface area contributed by atoms with E-state index in [0.717, 1.165) is 0 Å². The van der Waals surface area contributed by atoms with Crippen LogP contribution < -0.4 is 20.1 Å². The predicted octanol–water partition coefficient (Wildman–Crippen LogP) is 5.66. The average Bonchev–Trinajstić information content (AvgIpc) is 2.74. The van der Waals surface area contributed by atoms with Gasteiger partial charge in [0.2, 0.25) is 0 Å². The molecule has 3 aromatic carbocycles. The Morgan fingerprint density at radius 1 is 0.871 bits per heavy atom. The number of amides is 2. The second-order valence-electron chi connectivity index (χ2n) is 6.56. The molecule has 1 unspecified atom stereocenters. The molecule has 2 amide bonds. The molecular weight excluding hydrogens is 439 g/mol. The molecule has 0 aliphatic carbocycles. The lowest BCUT2D eigenvalue weighted by molar-refractivity contribution is -0.122. The molecule has 1 atom stereocenters. The van der Waals surface area contributed by atoms with E-state index in [1.807, 2.05) is 0 Å². The van der Waals surface area contributed by atoms with Crippen LogP contribution in [0.4, 0.5) is 11.4 Å². The number of carbonyl (C=O) groups is 2. The molecule has 0 saturated carbocycles. The van der Waals surface area contributed by atoms with Gasteiger partial charge in [0, 0.05) is 15.7 Å². The van der Waals surface area contributed by atoms with Crippen LogP contribution in [0.1, 0.15) is 17.3 Å². The molecule has 3 aromatic rings. The molecule has 0 aliphatic rings. The van der Waals surface area contributed by atoms with E-state index < -0.39 is 12.0 Å². The van der Waals surface area contributed by atoms with E-state index in [4.69, 9.17) is 32.7 Å². The van der Waals surface area contributed by atoms with Crippen molar-refractivity contribution in [3.8, 4) is 11.5 Å². The maximum Gasteiger partial charge on any atom is 0.265 e. The first kappa shape index (κ1) is 22.5. The molecule has 2 N–H and O–H groups in total. The number of hydrogen-bond donors (Lipinski definition) is 2. The number of benzene rings is 3. The SMILES string of the molecule is COc1ccccc1C(=O)Nc1ccccc1OC(C)C(=O)Nc1cc(Cl)cc(Cl)c1. The number of methoxy groups -OCH3 is 1. The molecule has 0 spiro atoms. The number of carbonyl (C=O) groups excluding carboxylic acids is 2. The molecule has 0 saturated heterocycles. The lowest BCUT2D eigenvalue weighted by Crippen LogP contribution is -2.30. The first-order valence-electron chi connectivity index (χ1n) is 9.34. The van der Waals surface area contributed by atoms with Crippen molar-refractivity contribution in [2.75, 3.05) is 17.7 Å². The van der Waals surface area contributed by atoms with Gasteiger partial charge in [0.15, 0.2) is 6.10 Å². The second kappa shape index (κ2) is 10.2. The zero-order valence-corrected chi connectivity index (χ0v) is 18.3. The zero-order chi connectivity index (χ0) is 22.4. The van der Waals surface area contributed by atoms with Crippen LogP contribution in [-0.2, 0) is 4.79 Å². The highest BCUT2D eigenvalue weighted by Crippen LogP contribution is 2.28. The normalized spacial score (nSPS) is 11.4. The van der Waals surface area contributed by atoms with E-state index in [9.17, 15) is 9.59 Å². The van der Waals surface area contributed by atoms with E-state index >= 15 is 0 Å². The Morgan fingerprint density at radius 3 is 2.16 bits per heavy atom. The number of halogens is 2. The van der Waals surface area contributed by atoms with E-state index in [1.165, 1.54) is 7.11 Å². The summed E-state index contributed by atoms with van der Waals surface area (Å²) in [5.41, 5.74) is 1.25. The third kappa shape index (κ3) is 5.90. The standard InChI is InChI=1S/C23H20Cl2N2O4/c1-14(22(28)26-17-12-15(24)11-16(25)13-17)31-21-10-6-4-8-19(21)27-23(29)18-7-3-5-9-20(18)30-2/h3-14H,1-2H3,(H,26,28)(H,27,29). The summed E-state index contributed by atoms with van der Waals surface area (Å²) in [5, 5.41) is 6.31. The Labute approximate surface area is 190 Å². The van der Waals surface area contributed by atoms with Crippen LogP contribution in [0.3, 0.4) is 0 Å². The van der Waals surface area contributed by atoms with Crippen molar-refractivity contribution in [2.24, 2.45) is 0 Å². The molecule has 0 aromatic heterocycles. The van der Waals surface area contributed by atoms with E-state index in [2.05, 4.69) is 10.6 Å². The summed E-state index contributed by atoms with van der Waals surface area (Å²) >= 11 is 11.9. The minimum Gasteiger partial charge on any atom is -0.496 e. The number of para-hydroxylation sites is 3. The van der Waals surface area contributed by atoms with Gasteiger partial charge >= 0.3 is 0 Å². The largest absolute Gasteiger partial charge is 0.496 e. The molecule has 0 bridgehead atoms. The van der Waals surface area contributed by atoms with Crippen molar-refractivity contribution < 1.29 is 19.1 Å². The summed E-state index contributed by atoms with van der Waals surface area (Å²) in [4.78, 5) is 25.3. The van der Waals surface area contributed by atoms with Gasteiger partial charge in [-0.1, -0.05) is 47.5 Å². The molecule has 0 aliphatic heterocycles. The molecule has 0 radical (unpaired) electrons. The molecule has 0 heterocycles. The second-order valence-corrected chi connectivity index (χ2v) is 7.43. The van der Waals surface area contributed by atoms with Gasteiger partial charge < -0.3 is 20.1 Å². The van der Waals surface area contributed by atoms with Gasteiger partial charge in [-0.15, -0.1) is 0 Å². The van der Waals surface area contributed by atoms with Gasteiger partial charge in [0.05, 0.1) is 18.4 Å². The van der Waals surface area contributed by atoms with E-state index in [-0.39, 0.29) is 5.91 Å². The third-order valence-corrected chi connectivity index (χ3v) is 4.73. The highest BCUT2D eigenvalue weighted by atomic mass is 35.5. The van der Waals surface area contributed by atoms with E-state index in [1.54, 1.807) is 73.7 Å². The van der Waals surface area contributed by atoms with Crippen molar-refractivity contribution in [3.63, 3.8) is 0 Å². The van der Waals surface area contributed by atoms with Gasteiger partial charge in [0.1, 0.15) is 11.5 Å². The van der Waals surface area contributed by atoms with Crippen LogP contribution in [0, 0.1) is 0 Å². The van der Waals surface area contributed by atoms with E-state index in [0.29, 0.717) is 38.5 Å². The monoisotopic (exact) mass is 458 g/mol. The summed E-state index contributed by atoms with van der Waals surface area (Å²) in [6.07, 6.45) is -0.859. The van der Waals surface area contributed by atoms with Gasteiger partial charge in [-0.2, -0.15) is 0 Å². The van der Waals surface area contributed by atoms with Crippen molar-refractivity contribution in [2.45, 2.75) is 13.0 Å². The topological polar surface area (TPSA) is 76.7 Å². The Morgan fingerprint density at radius 2 is 1.48 bits per heavy atom. The first-order chi connectivity index (χ1) is 14.9. The summed E-state index contributed by atoms with van der Waals surface area (Å²) in [7, 11) is 1.50. The molecular formula is C23H20Cl2N2O4. The lowest BCUT2D eigenvalue weighted by atomic mass is 10.2. The summed E-state index contributed by atoms with van der Waals surface area (Å²) in [6.45, 7) is 1.60. The Hall–Kier alpha value is -3.22. The molecule has 8 heteroatoms. The maximum absolute atomic E-state index is 12.7. The number of anilines is 2. The zero-order valence-electron chi connectivity index (χ0n) is 16.8. The molecule has 6 nitrogen and oxygen atoms in total. The Balaban J connectivity index is 1.72. The van der Waals surface area contributed by atoms with Gasteiger partial charge in [-0.25, -0.2) is 0 Å². The van der Waals surface area contributed by atoms with Crippen molar-refractivity contribution in [1.29, 1.82) is 0 Å². The fraction of sp³-hybridized carbons (Fsp3) is 0.130. The van der Waals surface area contributed by atoms with Crippen LogP contribution >= 0.6 is 23.2 Å². The smallest absolute Gasteiger partial charge is 0.265 e. The number of ether oxygens (including phenoxy) is 2. The Bertz CT molecular complexity index is 1080. The highest BCUT2D eigenvalue weighted by molar-refractivity contribution is 6.35. The van der Waals surface area contributed by atoms with Crippen LogP contribution in [0.25, 0.3) is 0 Å². The molecule has 31 heavy (non-hydrogen) atoms. The minimum atomic E-state index is -0.859. The lowest BCUT2D eigenvalue weighted by Gasteiger charge is -2.18. The number of nitrogens with one attached hydrogen (secondary N) is 2. The molecule has 0 fully saturated rings. The van der Waals surface area contributed by atoms with Gasteiger partial charge in [-0.05, 0) is 49.4 Å². The van der Waals surface area contributed by atoms with Crippen LogP contribution in [-0.4, -0.2) is 25.0 Å². The van der Waals surface area contributed by atoms with Gasteiger partial charge in [-0.3, -0.25) is 9.59 Å². The first-order valence-corrected chi connectivity index (χ1v) is 10.1. The molecule has 160 valence electrons. The maximum atomic E-state index is 12.7. The fourth-order valence-corrected chi connectivity index (χ4v) is 3.33. The van der Waals surface area contributed by atoms with Crippen LogP contribution in [0.2, 0.25) is 10.0 Å².